The van der Waals surface area contributed by atoms with Crippen molar-refractivity contribution in [3.8, 4) is 5.75 Å². The summed E-state index contributed by atoms with van der Waals surface area (Å²) in [4.78, 5) is 12.4. The summed E-state index contributed by atoms with van der Waals surface area (Å²) in [6.07, 6.45) is 1.97. The molecule has 1 amide bonds. The van der Waals surface area contributed by atoms with Crippen molar-refractivity contribution in [1.29, 1.82) is 0 Å². The predicted octanol–water partition coefficient (Wildman–Crippen LogP) is 4.32. The molecule has 0 fully saturated rings. The van der Waals surface area contributed by atoms with Gasteiger partial charge in [0.15, 0.2) is 5.11 Å². The van der Waals surface area contributed by atoms with Crippen molar-refractivity contribution in [3.05, 3.63) is 64.7 Å². The minimum absolute atomic E-state index is 0.244. The van der Waals surface area contributed by atoms with E-state index < -0.39 is 0 Å². The molecule has 0 aromatic heterocycles. The molecule has 6 heteroatoms. The van der Waals surface area contributed by atoms with E-state index >= 15 is 0 Å². The van der Waals surface area contributed by atoms with Gasteiger partial charge in [-0.25, -0.2) is 0 Å². The smallest absolute Gasteiger partial charge is 0.261 e. The van der Waals surface area contributed by atoms with Gasteiger partial charge in [0.1, 0.15) is 5.75 Å². The van der Waals surface area contributed by atoms with Gasteiger partial charge in [0.25, 0.3) is 5.91 Å². The number of carbonyl (C=O) groups is 1. The van der Waals surface area contributed by atoms with Gasteiger partial charge >= 0.3 is 0 Å². The zero-order valence-corrected chi connectivity index (χ0v) is 15.6. The van der Waals surface area contributed by atoms with E-state index in [2.05, 4.69) is 17.6 Å². The molecule has 0 heterocycles. The fourth-order valence-electron chi connectivity index (χ4n) is 2.14. The molecular weight excluding hydrogens is 356 g/mol. The molecule has 0 unspecified atom stereocenters. The van der Waals surface area contributed by atoms with Gasteiger partial charge in [-0.3, -0.25) is 10.1 Å². The van der Waals surface area contributed by atoms with Crippen molar-refractivity contribution in [2.45, 2.75) is 26.3 Å². The van der Waals surface area contributed by atoms with E-state index in [1.807, 2.05) is 30.3 Å². The summed E-state index contributed by atoms with van der Waals surface area (Å²) in [5.74, 6) is 0.256. The van der Waals surface area contributed by atoms with Gasteiger partial charge in [-0.2, -0.15) is 0 Å². The first-order valence-electron chi connectivity index (χ1n) is 8.16. The summed E-state index contributed by atoms with van der Waals surface area (Å²) < 4.78 is 5.68. The van der Waals surface area contributed by atoms with Crippen molar-refractivity contribution in [2.24, 2.45) is 0 Å². The van der Waals surface area contributed by atoms with E-state index in [1.54, 1.807) is 18.2 Å². The number of ether oxygens (including phenoxy) is 1. The molecule has 2 aromatic rings. The zero-order chi connectivity index (χ0) is 18.1. The first-order valence-corrected chi connectivity index (χ1v) is 8.95. The Morgan fingerprint density at radius 3 is 2.64 bits per heavy atom. The molecule has 0 aliphatic rings. The number of para-hydroxylation sites is 1. The molecular formula is C19H21ClN2O2S. The quantitative estimate of drug-likeness (QED) is 0.558. The molecule has 0 saturated heterocycles. The standard InChI is InChI=1S/C19H21ClN2O2S/c1-2-3-12-24-17-11-7-5-9-15(17)18(23)22-19(25)21-13-14-8-4-6-10-16(14)20/h4-11H,2-3,12-13H2,1H3,(H2,21,22,23,25). The van der Waals surface area contributed by atoms with Crippen molar-refractivity contribution >= 4 is 34.8 Å². The van der Waals surface area contributed by atoms with Crippen LogP contribution in [0.2, 0.25) is 5.02 Å². The van der Waals surface area contributed by atoms with Crippen LogP contribution in [0.25, 0.3) is 0 Å². The Bertz CT molecular complexity index is 737. The number of thiocarbonyl (C=S) groups is 1. The molecule has 0 saturated carbocycles. The van der Waals surface area contributed by atoms with E-state index in [1.165, 1.54) is 0 Å². The second kappa shape index (κ2) is 10.0. The number of halogens is 1. The highest BCUT2D eigenvalue weighted by Crippen LogP contribution is 2.18. The lowest BCUT2D eigenvalue weighted by atomic mass is 10.2. The maximum atomic E-state index is 12.4. The van der Waals surface area contributed by atoms with Crippen LogP contribution >= 0.6 is 23.8 Å². The first-order chi connectivity index (χ1) is 12.1. The lowest BCUT2D eigenvalue weighted by Crippen LogP contribution is -2.39. The Balaban J connectivity index is 1.93. The minimum Gasteiger partial charge on any atom is -0.493 e. The van der Waals surface area contributed by atoms with Gasteiger partial charge in [-0.1, -0.05) is 55.3 Å². The number of hydrogen-bond donors (Lipinski definition) is 2. The Morgan fingerprint density at radius 2 is 1.88 bits per heavy atom. The van der Waals surface area contributed by atoms with Gasteiger partial charge < -0.3 is 10.1 Å². The molecule has 2 N–H and O–H groups in total. The van der Waals surface area contributed by atoms with E-state index in [0.717, 1.165) is 18.4 Å². The fraction of sp³-hybridized carbons (Fsp3) is 0.263. The summed E-state index contributed by atoms with van der Waals surface area (Å²) in [5, 5.41) is 6.56. The summed E-state index contributed by atoms with van der Waals surface area (Å²) in [6, 6.07) is 14.6. The third-order valence-electron chi connectivity index (χ3n) is 3.51. The lowest BCUT2D eigenvalue weighted by molar-refractivity contribution is 0.0972. The maximum absolute atomic E-state index is 12.4. The molecule has 0 atom stereocenters. The van der Waals surface area contributed by atoms with Crippen LogP contribution in [0.5, 0.6) is 5.75 Å². The zero-order valence-electron chi connectivity index (χ0n) is 14.0. The van der Waals surface area contributed by atoms with Gasteiger partial charge in [0, 0.05) is 11.6 Å². The normalized spacial score (nSPS) is 10.2. The van der Waals surface area contributed by atoms with Crippen molar-refractivity contribution in [3.63, 3.8) is 0 Å². The molecule has 0 aliphatic carbocycles. The number of hydrogen-bond acceptors (Lipinski definition) is 3. The molecule has 2 aromatic carbocycles. The molecule has 0 spiro atoms. The molecule has 0 radical (unpaired) electrons. The van der Waals surface area contributed by atoms with E-state index in [0.29, 0.717) is 29.5 Å². The molecule has 132 valence electrons. The van der Waals surface area contributed by atoms with Gasteiger partial charge in [0.05, 0.1) is 12.2 Å². The topological polar surface area (TPSA) is 50.4 Å². The third-order valence-corrected chi connectivity index (χ3v) is 4.13. The monoisotopic (exact) mass is 376 g/mol. The van der Waals surface area contributed by atoms with Crippen molar-refractivity contribution in [1.82, 2.24) is 10.6 Å². The lowest BCUT2D eigenvalue weighted by Gasteiger charge is -2.13. The van der Waals surface area contributed by atoms with Crippen molar-refractivity contribution < 1.29 is 9.53 Å². The highest BCUT2D eigenvalue weighted by atomic mass is 35.5. The number of unbranched alkanes of at least 4 members (excludes halogenated alkanes) is 1. The number of carbonyl (C=O) groups excluding carboxylic acids is 1. The van der Waals surface area contributed by atoms with Crippen molar-refractivity contribution in [2.75, 3.05) is 6.61 Å². The van der Waals surface area contributed by atoms with Crippen LogP contribution in [-0.2, 0) is 6.54 Å². The van der Waals surface area contributed by atoms with Gasteiger partial charge in [-0.15, -0.1) is 0 Å². The maximum Gasteiger partial charge on any atom is 0.261 e. The van der Waals surface area contributed by atoms with E-state index in [9.17, 15) is 4.79 Å². The van der Waals surface area contributed by atoms with Crippen LogP contribution in [0.15, 0.2) is 48.5 Å². The summed E-state index contributed by atoms with van der Waals surface area (Å²) >= 11 is 11.3. The Hall–Kier alpha value is -2.11. The SMILES string of the molecule is CCCCOc1ccccc1C(=O)NC(=S)NCc1ccccc1Cl. The molecule has 0 bridgehead atoms. The van der Waals surface area contributed by atoms with Gasteiger partial charge in [0.2, 0.25) is 0 Å². The fourth-order valence-corrected chi connectivity index (χ4v) is 2.51. The summed E-state index contributed by atoms with van der Waals surface area (Å²) in [5.41, 5.74) is 1.37. The van der Waals surface area contributed by atoms with Crippen LogP contribution in [0, 0.1) is 0 Å². The molecule has 2 rings (SSSR count). The average molecular weight is 377 g/mol. The highest BCUT2D eigenvalue weighted by Gasteiger charge is 2.13. The predicted molar refractivity (Wildman–Crippen MR) is 105 cm³/mol. The number of rotatable bonds is 7. The van der Waals surface area contributed by atoms with E-state index in [-0.39, 0.29) is 11.0 Å². The van der Waals surface area contributed by atoms with Crippen LogP contribution in [0.1, 0.15) is 35.7 Å². The Morgan fingerprint density at radius 1 is 1.16 bits per heavy atom. The Kier molecular flexibility index (Phi) is 7.70. The molecule has 4 nitrogen and oxygen atoms in total. The van der Waals surface area contributed by atoms with E-state index in [4.69, 9.17) is 28.6 Å². The number of amides is 1. The summed E-state index contributed by atoms with van der Waals surface area (Å²) in [6.45, 7) is 3.11. The molecule has 25 heavy (non-hydrogen) atoms. The number of benzene rings is 2. The first kappa shape index (κ1) is 19.2. The second-order valence-electron chi connectivity index (χ2n) is 5.43. The highest BCUT2D eigenvalue weighted by molar-refractivity contribution is 7.80. The summed E-state index contributed by atoms with van der Waals surface area (Å²) in [7, 11) is 0. The van der Waals surface area contributed by atoms with Crippen LogP contribution in [0.4, 0.5) is 0 Å². The second-order valence-corrected chi connectivity index (χ2v) is 6.24. The largest absolute Gasteiger partial charge is 0.493 e. The van der Waals surface area contributed by atoms with Crippen LogP contribution < -0.4 is 15.4 Å². The van der Waals surface area contributed by atoms with Crippen LogP contribution in [-0.4, -0.2) is 17.6 Å². The Labute approximate surface area is 158 Å². The number of nitrogens with one attached hydrogen (secondary N) is 2. The van der Waals surface area contributed by atoms with Gasteiger partial charge in [-0.05, 0) is 42.4 Å². The minimum atomic E-state index is -0.302. The average Bonchev–Trinajstić information content (AvgIpc) is 2.61. The third kappa shape index (κ3) is 6.03. The van der Waals surface area contributed by atoms with Crippen LogP contribution in [0.3, 0.4) is 0 Å². The molecule has 0 aliphatic heterocycles.